The predicted molar refractivity (Wildman–Crippen MR) is 50.6 cm³/mol. The quantitative estimate of drug-likeness (QED) is 0.708. The van der Waals surface area contributed by atoms with Crippen LogP contribution in [0.3, 0.4) is 0 Å². The van der Waals surface area contributed by atoms with Gasteiger partial charge in [-0.25, -0.2) is 0 Å². The standard InChI is InChI=1S/C8H9ClN2O2/c9-6-2-1-5(10)3-7(6)13-4-8(11)12/h1-3H,4,10H2,(H2,11,12). The van der Waals surface area contributed by atoms with Crippen LogP contribution in [0, 0.1) is 0 Å². The molecule has 0 atom stereocenters. The van der Waals surface area contributed by atoms with Gasteiger partial charge in [-0.2, -0.15) is 0 Å². The highest BCUT2D eigenvalue weighted by molar-refractivity contribution is 6.32. The van der Waals surface area contributed by atoms with Crippen LogP contribution in [0.15, 0.2) is 18.2 Å². The second-order valence-electron chi connectivity index (χ2n) is 2.44. The summed E-state index contributed by atoms with van der Waals surface area (Å²) in [6.07, 6.45) is 0. The smallest absolute Gasteiger partial charge is 0.255 e. The lowest BCUT2D eigenvalue weighted by Gasteiger charge is -2.05. The number of carbonyl (C=O) groups is 1. The van der Waals surface area contributed by atoms with Crippen LogP contribution in [0.25, 0.3) is 0 Å². The van der Waals surface area contributed by atoms with Gasteiger partial charge in [-0.3, -0.25) is 4.79 Å². The third-order valence-electron chi connectivity index (χ3n) is 1.33. The fourth-order valence-corrected chi connectivity index (χ4v) is 0.952. The predicted octanol–water partition coefficient (Wildman–Crippen LogP) is 0.786. The summed E-state index contributed by atoms with van der Waals surface area (Å²) in [5.41, 5.74) is 10.9. The van der Waals surface area contributed by atoms with Gasteiger partial charge in [-0.15, -0.1) is 0 Å². The number of ether oxygens (including phenoxy) is 1. The third-order valence-corrected chi connectivity index (χ3v) is 1.64. The summed E-state index contributed by atoms with van der Waals surface area (Å²) in [5, 5.41) is 0.399. The summed E-state index contributed by atoms with van der Waals surface area (Å²) < 4.78 is 4.99. The highest BCUT2D eigenvalue weighted by atomic mass is 35.5. The zero-order chi connectivity index (χ0) is 9.84. The van der Waals surface area contributed by atoms with Crippen molar-refractivity contribution in [3.8, 4) is 5.75 Å². The second-order valence-corrected chi connectivity index (χ2v) is 2.85. The van der Waals surface area contributed by atoms with Crippen molar-refractivity contribution >= 4 is 23.2 Å². The Morgan fingerprint density at radius 3 is 2.85 bits per heavy atom. The number of benzene rings is 1. The molecular formula is C8H9ClN2O2. The summed E-state index contributed by atoms with van der Waals surface area (Å²) in [5.74, 6) is -0.195. The van der Waals surface area contributed by atoms with Crippen LogP contribution in [0.1, 0.15) is 0 Å². The summed E-state index contributed by atoms with van der Waals surface area (Å²) in [6.45, 7) is -0.205. The molecule has 0 saturated heterocycles. The van der Waals surface area contributed by atoms with E-state index in [9.17, 15) is 4.79 Å². The van der Waals surface area contributed by atoms with Gasteiger partial charge in [0.1, 0.15) is 5.75 Å². The van der Waals surface area contributed by atoms with Crippen LogP contribution >= 0.6 is 11.6 Å². The lowest BCUT2D eigenvalue weighted by atomic mass is 10.3. The number of primary amides is 1. The van der Waals surface area contributed by atoms with Gasteiger partial charge in [0.05, 0.1) is 5.02 Å². The van der Waals surface area contributed by atoms with E-state index in [1.54, 1.807) is 12.1 Å². The maximum absolute atomic E-state index is 10.4. The van der Waals surface area contributed by atoms with E-state index in [-0.39, 0.29) is 6.61 Å². The van der Waals surface area contributed by atoms with Gasteiger partial charge in [-0.1, -0.05) is 11.6 Å². The number of hydrogen-bond donors (Lipinski definition) is 2. The molecule has 0 aliphatic heterocycles. The number of rotatable bonds is 3. The molecule has 5 heteroatoms. The molecule has 1 aromatic carbocycles. The van der Waals surface area contributed by atoms with Crippen molar-refractivity contribution in [2.45, 2.75) is 0 Å². The van der Waals surface area contributed by atoms with Crippen molar-refractivity contribution in [2.24, 2.45) is 5.73 Å². The third kappa shape index (κ3) is 2.83. The molecule has 1 rings (SSSR count). The molecule has 0 aromatic heterocycles. The molecular weight excluding hydrogens is 192 g/mol. The topological polar surface area (TPSA) is 78.3 Å². The van der Waals surface area contributed by atoms with E-state index in [4.69, 9.17) is 27.8 Å². The van der Waals surface area contributed by atoms with Crippen LogP contribution in [-0.4, -0.2) is 12.5 Å². The van der Waals surface area contributed by atoms with Crippen molar-refractivity contribution in [1.29, 1.82) is 0 Å². The Labute approximate surface area is 80.4 Å². The first kappa shape index (κ1) is 9.67. The average Bonchev–Trinajstić information content (AvgIpc) is 2.06. The summed E-state index contributed by atoms with van der Waals surface area (Å²) >= 11 is 5.75. The van der Waals surface area contributed by atoms with E-state index >= 15 is 0 Å². The number of hydrogen-bond acceptors (Lipinski definition) is 3. The lowest BCUT2D eigenvalue weighted by molar-refractivity contribution is -0.119. The molecule has 0 radical (unpaired) electrons. The van der Waals surface area contributed by atoms with Crippen LogP contribution in [0.2, 0.25) is 5.02 Å². The van der Waals surface area contributed by atoms with E-state index in [1.165, 1.54) is 6.07 Å². The second kappa shape index (κ2) is 4.00. The number of anilines is 1. The number of carbonyl (C=O) groups excluding carboxylic acids is 1. The zero-order valence-electron chi connectivity index (χ0n) is 6.79. The molecule has 13 heavy (non-hydrogen) atoms. The normalized spacial score (nSPS) is 9.62. The zero-order valence-corrected chi connectivity index (χ0v) is 7.54. The van der Waals surface area contributed by atoms with Gasteiger partial charge in [0, 0.05) is 11.8 Å². The van der Waals surface area contributed by atoms with Crippen molar-refractivity contribution in [1.82, 2.24) is 0 Å². The van der Waals surface area contributed by atoms with Crippen LogP contribution < -0.4 is 16.2 Å². The SMILES string of the molecule is NC(=O)COc1cc(N)ccc1Cl. The number of amides is 1. The molecule has 4 N–H and O–H groups in total. The Hall–Kier alpha value is -1.42. The maximum Gasteiger partial charge on any atom is 0.255 e. The van der Waals surface area contributed by atoms with E-state index < -0.39 is 5.91 Å². The number of halogens is 1. The van der Waals surface area contributed by atoms with Crippen molar-refractivity contribution in [2.75, 3.05) is 12.3 Å². The molecule has 4 nitrogen and oxygen atoms in total. The minimum Gasteiger partial charge on any atom is -0.482 e. The van der Waals surface area contributed by atoms with Crippen molar-refractivity contribution in [3.63, 3.8) is 0 Å². The first-order chi connectivity index (χ1) is 6.09. The van der Waals surface area contributed by atoms with E-state index in [1.807, 2.05) is 0 Å². The first-order valence-electron chi connectivity index (χ1n) is 3.55. The number of nitrogen functional groups attached to an aromatic ring is 1. The van der Waals surface area contributed by atoms with Gasteiger partial charge in [0.15, 0.2) is 6.61 Å². The first-order valence-corrected chi connectivity index (χ1v) is 3.93. The monoisotopic (exact) mass is 200 g/mol. The minimum atomic E-state index is -0.557. The van der Waals surface area contributed by atoms with E-state index in [2.05, 4.69) is 0 Å². The molecule has 70 valence electrons. The highest BCUT2D eigenvalue weighted by Crippen LogP contribution is 2.26. The fourth-order valence-electron chi connectivity index (χ4n) is 0.779. The van der Waals surface area contributed by atoms with Gasteiger partial charge in [-0.05, 0) is 12.1 Å². The van der Waals surface area contributed by atoms with Crippen LogP contribution in [0.4, 0.5) is 5.69 Å². The molecule has 0 aliphatic carbocycles. The molecule has 0 aliphatic rings. The fraction of sp³-hybridized carbons (Fsp3) is 0.125. The molecule has 0 unspecified atom stereocenters. The van der Waals surface area contributed by atoms with Gasteiger partial charge in [0.25, 0.3) is 5.91 Å². The van der Waals surface area contributed by atoms with Crippen LogP contribution in [0.5, 0.6) is 5.75 Å². The van der Waals surface area contributed by atoms with E-state index in [0.717, 1.165) is 0 Å². The number of nitrogens with two attached hydrogens (primary N) is 2. The van der Waals surface area contributed by atoms with Gasteiger partial charge >= 0.3 is 0 Å². The highest BCUT2D eigenvalue weighted by Gasteiger charge is 2.03. The Bertz CT molecular complexity index is 328. The Morgan fingerprint density at radius 2 is 2.23 bits per heavy atom. The summed E-state index contributed by atoms with van der Waals surface area (Å²) in [6, 6.07) is 4.76. The molecule has 1 aromatic rings. The molecule has 0 saturated carbocycles. The lowest BCUT2D eigenvalue weighted by Crippen LogP contribution is -2.20. The molecule has 0 heterocycles. The van der Waals surface area contributed by atoms with Crippen molar-refractivity contribution in [3.05, 3.63) is 23.2 Å². The Morgan fingerprint density at radius 1 is 1.54 bits per heavy atom. The van der Waals surface area contributed by atoms with Crippen molar-refractivity contribution < 1.29 is 9.53 Å². The van der Waals surface area contributed by atoms with E-state index in [0.29, 0.717) is 16.5 Å². The summed E-state index contributed by atoms with van der Waals surface area (Å²) in [4.78, 5) is 10.4. The Balaban J connectivity index is 2.75. The molecule has 0 spiro atoms. The summed E-state index contributed by atoms with van der Waals surface area (Å²) in [7, 11) is 0. The average molecular weight is 201 g/mol. The molecule has 1 amide bonds. The minimum absolute atomic E-state index is 0.205. The Kier molecular flexibility index (Phi) is 2.97. The largest absolute Gasteiger partial charge is 0.482 e. The van der Waals surface area contributed by atoms with Gasteiger partial charge in [0.2, 0.25) is 0 Å². The molecule has 0 fully saturated rings. The maximum atomic E-state index is 10.4. The van der Waals surface area contributed by atoms with Crippen LogP contribution in [-0.2, 0) is 4.79 Å². The molecule has 0 bridgehead atoms. The van der Waals surface area contributed by atoms with Gasteiger partial charge < -0.3 is 16.2 Å².